The van der Waals surface area contributed by atoms with Crippen molar-refractivity contribution in [2.24, 2.45) is 4.99 Å². The van der Waals surface area contributed by atoms with Crippen molar-refractivity contribution in [1.82, 2.24) is 10.6 Å². The Kier molecular flexibility index (Phi) is 7.73. The van der Waals surface area contributed by atoms with Crippen LogP contribution in [0.2, 0.25) is 0 Å². The van der Waals surface area contributed by atoms with Crippen LogP contribution in [0.25, 0.3) is 0 Å². The van der Waals surface area contributed by atoms with E-state index in [2.05, 4.69) is 34.7 Å². The van der Waals surface area contributed by atoms with Gasteiger partial charge in [0.15, 0.2) is 5.96 Å². The number of guanidine groups is 1. The monoisotopic (exact) mass is 319 g/mol. The molecule has 1 fully saturated rings. The lowest BCUT2D eigenvalue weighted by Gasteiger charge is -2.12. The van der Waals surface area contributed by atoms with Gasteiger partial charge in [-0.2, -0.15) is 0 Å². The first-order valence-electron chi connectivity index (χ1n) is 8.58. The van der Waals surface area contributed by atoms with E-state index in [1.54, 1.807) is 7.11 Å². The number of hydrogen-bond acceptors (Lipinski definition) is 3. The van der Waals surface area contributed by atoms with Crippen molar-refractivity contribution in [1.29, 1.82) is 0 Å². The van der Waals surface area contributed by atoms with Crippen LogP contribution in [0.1, 0.15) is 31.7 Å². The van der Waals surface area contributed by atoms with Gasteiger partial charge in [0.1, 0.15) is 5.75 Å². The summed E-state index contributed by atoms with van der Waals surface area (Å²) in [5, 5.41) is 6.68. The molecule has 23 heavy (non-hydrogen) atoms. The fourth-order valence-electron chi connectivity index (χ4n) is 2.65. The molecule has 128 valence electrons. The van der Waals surface area contributed by atoms with Crippen LogP contribution in [0, 0.1) is 0 Å². The Bertz CT molecular complexity index is 468. The predicted octanol–water partition coefficient (Wildman–Crippen LogP) is 2.36. The average molecular weight is 319 g/mol. The van der Waals surface area contributed by atoms with Gasteiger partial charge in [-0.15, -0.1) is 0 Å². The Balaban J connectivity index is 1.71. The maximum absolute atomic E-state index is 5.63. The molecule has 0 spiro atoms. The fourth-order valence-corrected chi connectivity index (χ4v) is 2.65. The summed E-state index contributed by atoms with van der Waals surface area (Å²) < 4.78 is 10.8. The standard InChI is InChI=1S/C18H29N3O2/c1-3-19-18(21-13-11-17-5-4-14-23-17)20-12-10-15-6-8-16(22-2)9-7-15/h6-9,17H,3-5,10-14H2,1-2H3,(H2,19,20,21). The first-order valence-corrected chi connectivity index (χ1v) is 8.58. The smallest absolute Gasteiger partial charge is 0.191 e. The lowest BCUT2D eigenvalue weighted by molar-refractivity contribution is 0.106. The van der Waals surface area contributed by atoms with Crippen molar-refractivity contribution in [2.45, 2.75) is 38.7 Å². The van der Waals surface area contributed by atoms with Gasteiger partial charge in [0.05, 0.1) is 13.2 Å². The van der Waals surface area contributed by atoms with E-state index < -0.39 is 0 Å². The average Bonchev–Trinajstić information content (AvgIpc) is 3.09. The van der Waals surface area contributed by atoms with Gasteiger partial charge >= 0.3 is 0 Å². The lowest BCUT2D eigenvalue weighted by Crippen LogP contribution is -2.38. The second kappa shape index (κ2) is 10.1. The van der Waals surface area contributed by atoms with E-state index in [0.29, 0.717) is 6.10 Å². The molecule has 0 saturated carbocycles. The molecule has 0 radical (unpaired) electrons. The summed E-state index contributed by atoms with van der Waals surface area (Å²) in [6.45, 7) is 5.53. The van der Waals surface area contributed by atoms with Crippen molar-refractivity contribution in [3.8, 4) is 5.75 Å². The molecule has 5 nitrogen and oxygen atoms in total. The molecule has 0 aromatic heterocycles. The summed E-state index contributed by atoms with van der Waals surface area (Å²) in [7, 11) is 1.69. The van der Waals surface area contributed by atoms with E-state index in [4.69, 9.17) is 9.47 Å². The summed E-state index contributed by atoms with van der Waals surface area (Å²) >= 11 is 0. The molecule has 1 unspecified atom stereocenters. The lowest BCUT2D eigenvalue weighted by atomic mass is 10.1. The van der Waals surface area contributed by atoms with Crippen molar-refractivity contribution in [2.75, 3.05) is 33.4 Å². The Hall–Kier alpha value is -1.75. The molecule has 2 rings (SSSR count). The van der Waals surface area contributed by atoms with E-state index in [9.17, 15) is 0 Å². The van der Waals surface area contributed by atoms with Crippen LogP contribution < -0.4 is 15.4 Å². The zero-order valence-corrected chi connectivity index (χ0v) is 14.3. The highest BCUT2D eigenvalue weighted by Gasteiger charge is 2.14. The van der Waals surface area contributed by atoms with Gasteiger partial charge in [0.2, 0.25) is 0 Å². The zero-order chi connectivity index (χ0) is 16.3. The number of ether oxygens (including phenoxy) is 2. The van der Waals surface area contributed by atoms with Crippen molar-refractivity contribution in [3.05, 3.63) is 29.8 Å². The van der Waals surface area contributed by atoms with Crippen LogP contribution in [0.5, 0.6) is 5.75 Å². The molecule has 1 aromatic carbocycles. The van der Waals surface area contributed by atoms with Gasteiger partial charge in [-0.25, -0.2) is 0 Å². The number of benzene rings is 1. The number of rotatable bonds is 8. The zero-order valence-electron chi connectivity index (χ0n) is 14.3. The molecule has 1 aliphatic rings. The molecule has 1 saturated heterocycles. The molecule has 0 amide bonds. The Morgan fingerprint density at radius 2 is 2.13 bits per heavy atom. The summed E-state index contributed by atoms with van der Waals surface area (Å²) in [5.41, 5.74) is 1.29. The number of nitrogens with zero attached hydrogens (tertiary/aromatic N) is 1. The Morgan fingerprint density at radius 3 is 2.78 bits per heavy atom. The highest BCUT2D eigenvalue weighted by molar-refractivity contribution is 5.79. The summed E-state index contributed by atoms with van der Waals surface area (Å²) in [6, 6.07) is 8.19. The highest BCUT2D eigenvalue weighted by Crippen LogP contribution is 2.15. The number of nitrogens with one attached hydrogen (secondary N) is 2. The summed E-state index contributed by atoms with van der Waals surface area (Å²) in [6.07, 6.45) is 4.74. The van der Waals surface area contributed by atoms with Gasteiger partial charge in [0.25, 0.3) is 0 Å². The molecule has 1 heterocycles. The molecule has 5 heteroatoms. The minimum atomic E-state index is 0.404. The van der Waals surface area contributed by atoms with Crippen LogP contribution in [-0.4, -0.2) is 45.4 Å². The third-order valence-electron chi connectivity index (χ3n) is 3.95. The first-order chi connectivity index (χ1) is 11.3. The van der Waals surface area contributed by atoms with E-state index >= 15 is 0 Å². The molecule has 1 atom stereocenters. The SMILES string of the molecule is CCNC(=NCCC1CCCO1)NCCc1ccc(OC)cc1. The second-order valence-corrected chi connectivity index (χ2v) is 5.71. The van der Waals surface area contributed by atoms with Crippen LogP contribution in [0.15, 0.2) is 29.3 Å². The summed E-state index contributed by atoms with van der Waals surface area (Å²) in [5.74, 6) is 1.78. The highest BCUT2D eigenvalue weighted by atomic mass is 16.5. The van der Waals surface area contributed by atoms with Crippen LogP contribution in [0.3, 0.4) is 0 Å². The quantitative estimate of drug-likeness (QED) is 0.570. The minimum Gasteiger partial charge on any atom is -0.497 e. The molecule has 0 bridgehead atoms. The predicted molar refractivity (Wildman–Crippen MR) is 94.3 cm³/mol. The third-order valence-corrected chi connectivity index (χ3v) is 3.95. The van der Waals surface area contributed by atoms with Crippen LogP contribution in [-0.2, 0) is 11.2 Å². The molecule has 0 aliphatic carbocycles. The van der Waals surface area contributed by atoms with Crippen LogP contribution in [0.4, 0.5) is 0 Å². The normalized spacial score (nSPS) is 18.0. The van der Waals surface area contributed by atoms with Crippen LogP contribution >= 0.6 is 0 Å². The Morgan fingerprint density at radius 1 is 1.30 bits per heavy atom. The maximum Gasteiger partial charge on any atom is 0.191 e. The molecular weight excluding hydrogens is 290 g/mol. The largest absolute Gasteiger partial charge is 0.497 e. The van der Waals surface area contributed by atoms with E-state index in [0.717, 1.165) is 50.8 Å². The van der Waals surface area contributed by atoms with E-state index in [1.165, 1.54) is 18.4 Å². The third kappa shape index (κ3) is 6.48. The first kappa shape index (κ1) is 17.6. The fraction of sp³-hybridized carbons (Fsp3) is 0.611. The van der Waals surface area contributed by atoms with Gasteiger partial charge in [0, 0.05) is 26.2 Å². The second-order valence-electron chi connectivity index (χ2n) is 5.71. The number of hydrogen-bond donors (Lipinski definition) is 2. The van der Waals surface area contributed by atoms with Gasteiger partial charge in [-0.05, 0) is 50.3 Å². The summed E-state index contributed by atoms with van der Waals surface area (Å²) in [4.78, 5) is 4.63. The minimum absolute atomic E-state index is 0.404. The van der Waals surface area contributed by atoms with Crippen molar-refractivity contribution in [3.63, 3.8) is 0 Å². The van der Waals surface area contributed by atoms with Crippen molar-refractivity contribution >= 4 is 5.96 Å². The topological polar surface area (TPSA) is 54.9 Å². The molecule has 1 aliphatic heterocycles. The van der Waals surface area contributed by atoms with Gasteiger partial charge in [-0.3, -0.25) is 4.99 Å². The van der Waals surface area contributed by atoms with E-state index in [1.807, 2.05) is 12.1 Å². The Labute approximate surface area is 139 Å². The molecule has 1 aromatic rings. The maximum atomic E-state index is 5.63. The van der Waals surface area contributed by atoms with Crippen molar-refractivity contribution < 1.29 is 9.47 Å². The van der Waals surface area contributed by atoms with Gasteiger partial charge < -0.3 is 20.1 Å². The number of aliphatic imine (C=N–C) groups is 1. The van der Waals surface area contributed by atoms with E-state index in [-0.39, 0.29) is 0 Å². The number of methoxy groups -OCH3 is 1. The molecule has 2 N–H and O–H groups in total. The van der Waals surface area contributed by atoms with Gasteiger partial charge in [-0.1, -0.05) is 12.1 Å². The molecular formula is C18H29N3O2.